The molecule has 37 heavy (non-hydrogen) atoms. The van der Waals surface area contributed by atoms with E-state index < -0.39 is 35.2 Å². The van der Waals surface area contributed by atoms with Gasteiger partial charge in [0.15, 0.2) is 17.4 Å². The van der Waals surface area contributed by atoms with E-state index in [1.165, 1.54) is 39.5 Å². The summed E-state index contributed by atoms with van der Waals surface area (Å²) in [7, 11) is 0.688. The number of ether oxygens (including phenoxy) is 4. The zero-order valence-corrected chi connectivity index (χ0v) is 20.6. The van der Waals surface area contributed by atoms with E-state index in [4.69, 9.17) is 19.4 Å². The molecule has 0 aliphatic rings. The van der Waals surface area contributed by atoms with E-state index in [0.717, 1.165) is 16.7 Å². The third kappa shape index (κ3) is 5.99. The van der Waals surface area contributed by atoms with Crippen LogP contribution >= 0.6 is 0 Å². The summed E-state index contributed by atoms with van der Waals surface area (Å²) in [5.74, 6) is -3.78. The van der Waals surface area contributed by atoms with Crippen molar-refractivity contribution in [3.05, 3.63) is 36.2 Å². The molecule has 0 aliphatic heterocycles. The number of aromatic nitrogens is 3. The second-order valence-corrected chi connectivity index (χ2v) is 8.42. The molecule has 3 aromatic rings. The molecule has 0 bridgehead atoms. The number of nitrogens with zero attached hydrogens (tertiary/aromatic N) is 4. The Morgan fingerprint density at radius 3 is 2.62 bits per heavy atom. The minimum Gasteiger partial charge on any atom is -0.493 e. The van der Waals surface area contributed by atoms with Crippen molar-refractivity contribution in [1.29, 1.82) is 0 Å². The first-order valence-electron chi connectivity index (χ1n) is 10.6. The number of oxime groups is 1. The Morgan fingerprint density at radius 1 is 1.24 bits per heavy atom. The summed E-state index contributed by atoms with van der Waals surface area (Å²) in [6.45, 7) is -1.67. The summed E-state index contributed by atoms with van der Waals surface area (Å²) >= 11 is 0. The number of hydrogen-bond acceptors (Lipinski definition) is 11. The van der Waals surface area contributed by atoms with Crippen molar-refractivity contribution in [2.24, 2.45) is 11.1 Å². The number of methoxy groups -OCH3 is 2. The van der Waals surface area contributed by atoms with Crippen molar-refractivity contribution in [3.63, 3.8) is 0 Å². The number of halogens is 2. The van der Waals surface area contributed by atoms with Crippen LogP contribution in [0.4, 0.5) is 8.78 Å². The third-order valence-electron chi connectivity index (χ3n) is 4.90. The average molecular weight is 541 g/mol. The number of alkyl halides is 2. The van der Waals surface area contributed by atoms with Gasteiger partial charge in [-0.2, -0.15) is 8.78 Å². The van der Waals surface area contributed by atoms with Gasteiger partial charge in [0.25, 0.3) is 5.91 Å². The van der Waals surface area contributed by atoms with Gasteiger partial charge in [0.1, 0.15) is 5.75 Å². The van der Waals surface area contributed by atoms with Crippen LogP contribution in [0.1, 0.15) is 17.4 Å². The van der Waals surface area contributed by atoms with E-state index in [0.29, 0.717) is 12.0 Å². The van der Waals surface area contributed by atoms with Gasteiger partial charge in [-0.05, 0) is 19.1 Å². The van der Waals surface area contributed by atoms with Gasteiger partial charge in [0.05, 0.1) is 60.3 Å². The SMILES string of the molecule is CCOC(=O)C(/C=N/O)C(=O)n1c(S(=O)Cc2nccc(OC)c2OC)nc2cc(OC(F)F)ccc21. The molecular formula is C22H22F2N4O8S. The topological polar surface area (TPSA) is 151 Å². The lowest BCUT2D eigenvalue weighted by atomic mass is 10.1. The molecule has 2 unspecified atom stereocenters. The Balaban J connectivity index is 2.16. The van der Waals surface area contributed by atoms with E-state index in [1.807, 2.05) is 0 Å². The fourth-order valence-corrected chi connectivity index (χ4v) is 4.56. The maximum atomic E-state index is 13.5. The Kier molecular flexibility index (Phi) is 9.05. The molecule has 0 saturated carbocycles. The summed E-state index contributed by atoms with van der Waals surface area (Å²) in [5, 5.41) is 11.5. The molecule has 15 heteroatoms. The smallest absolute Gasteiger partial charge is 0.387 e. The number of fused-ring (bicyclic) bond motifs is 1. The number of esters is 1. The second-order valence-electron chi connectivity index (χ2n) is 7.07. The van der Waals surface area contributed by atoms with Crippen LogP contribution in [0.15, 0.2) is 40.8 Å². The highest BCUT2D eigenvalue weighted by atomic mass is 32.2. The Hall–Kier alpha value is -4.14. The van der Waals surface area contributed by atoms with E-state index in [2.05, 4.69) is 19.9 Å². The largest absolute Gasteiger partial charge is 0.493 e. The first kappa shape index (κ1) is 27.4. The summed E-state index contributed by atoms with van der Waals surface area (Å²) in [6.07, 6.45) is 2.06. The van der Waals surface area contributed by atoms with Gasteiger partial charge in [0.2, 0.25) is 5.16 Å². The fourth-order valence-electron chi connectivity index (χ4n) is 3.39. The first-order valence-corrected chi connectivity index (χ1v) is 11.9. The van der Waals surface area contributed by atoms with E-state index in [1.54, 1.807) is 0 Å². The lowest BCUT2D eigenvalue weighted by Crippen LogP contribution is -2.32. The van der Waals surface area contributed by atoms with Crippen molar-refractivity contribution >= 4 is 39.9 Å². The quantitative estimate of drug-likeness (QED) is 0.126. The molecule has 2 heterocycles. The van der Waals surface area contributed by atoms with Crippen LogP contribution in [0.2, 0.25) is 0 Å². The molecule has 0 spiro atoms. The predicted octanol–water partition coefficient (Wildman–Crippen LogP) is 2.64. The van der Waals surface area contributed by atoms with Gasteiger partial charge in [-0.25, -0.2) is 4.98 Å². The lowest BCUT2D eigenvalue weighted by molar-refractivity contribution is -0.144. The average Bonchev–Trinajstić information content (AvgIpc) is 3.25. The fraction of sp³-hybridized carbons (Fsp3) is 0.318. The summed E-state index contributed by atoms with van der Waals surface area (Å²) in [4.78, 5) is 34.2. The van der Waals surface area contributed by atoms with Crippen LogP contribution in [0.25, 0.3) is 11.0 Å². The highest BCUT2D eigenvalue weighted by Crippen LogP contribution is 2.32. The van der Waals surface area contributed by atoms with Crippen LogP contribution in [-0.2, 0) is 26.1 Å². The van der Waals surface area contributed by atoms with Crippen LogP contribution in [0, 0.1) is 5.92 Å². The zero-order valence-electron chi connectivity index (χ0n) is 19.8. The molecule has 0 fully saturated rings. The summed E-state index contributed by atoms with van der Waals surface area (Å²) < 4.78 is 59.6. The maximum Gasteiger partial charge on any atom is 0.387 e. The Morgan fingerprint density at radius 2 is 2.00 bits per heavy atom. The second kappa shape index (κ2) is 12.2. The van der Waals surface area contributed by atoms with Gasteiger partial charge in [-0.15, -0.1) is 5.16 Å². The molecule has 0 saturated heterocycles. The normalized spacial score (nSPS) is 13.0. The number of carbonyl (C=O) groups is 2. The van der Waals surface area contributed by atoms with Gasteiger partial charge < -0.3 is 24.2 Å². The van der Waals surface area contributed by atoms with Crippen LogP contribution in [0.3, 0.4) is 0 Å². The van der Waals surface area contributed by atoms with Crippen LogP contribution < -0.4 is 14.2 Å². The minimum absolute atomic E-state index is 0.0241. The molecule has 0 aliphatic carbocycles. The number of hydrogen-bond donors (Lipinski definition) is 1. The number of imidazole rings is 1. The Bertz CT molecular complexity index is 1350. The standard InChI is InChI=1S/C22H22F2N4O8S/c1-4-35-20(30)13(10-26-31)19(29)28-16-6-5-12(36-21(23)24)9-14(16)27-22(28)37(32)11-15-18(34-3)17(33-2)7-8-25-15/h5-10,13,21,31H,4,11H2,1-3H3/b26-10+. The molecular weight excluding hydrogens is 518 g/mol. The van der Waals surface area contributed by atoms with Crippen molar-refractivity contribution in [3.8, 4) is 17.2 Å². The van der Waals surface area contributed by atoms with Crippen LogP contribution in [-0.4, -0.2) is 69.5 Å². The van der Waals surface area contributed by atoms with E-state index in [9.17, 15) is 22.6 Å². The molecule has 12 nitrogen and oxygen atoms in total. The van der Waals surface area contributed by atoms with Gasteiger partial charge in [0, 0.05) is 18.3 Å². The lowest BCUT2D eigenvalue weighted by Gasteiger charge is -2.14. The molecule has 0 amide bonds. The molecule has 2 atom stereocenters. The first-order chi connectivity index (χ1) is 17.7. The zero-order chi connectivity index (χ0) is 27.1. The van der Waals surface area contributed by atoms with Crippen molar-refractivity contribution in [2.45, 2.75) is 24.4 Å². The van der Waals surface area contributed by atoms with Gasteiger partial charge in [-0.3, -0.25) is 23.3 Å². The minimum atomic E-state index is -3.12. The monoisotopic (exact) mass is 540 g/mol. The third-order valence-corrected chi connectivity index (χ3v) is 6.12. The number of benzene rings is 1. The highest BCUT2D eigenvalue weighted by Gasteiger charge is 2.33. The Labute approximate surface area is 211 Å². The molecule has 0 radical (unpaired) electrons. The highest BCUT2D eigenvalue weighted by molar-refractivity contribution is 7.84. The maximum absolute atomic E-state index is 13.5. The van der Waals surface area contributed by atoms with Gasteiger partial charge in [-0.1, -0.05) is 0 Å². The number of pyridine rings is 1. The number of rotatable bonds is 11. The summed E-state index contributed by atoms with van der Waals surface area (Å²) in [6, 6.07) is 5.04. The van der Waals surface area contributed by atoms with Crippen LogP contribution in [0.5, 0.6) is 17.2 Å². The molecule has 2 aromatic heterocycles. The molecule has 1 aromatic carbocycles. The molecule has 198 valence electrons. The van der Waals surface area contributed by atoms with Crippen molar-refractivity contribution in [1.82, 2.24) is 14.5 Å². The van der Waals surface area contributed by atoms with Crippen molar-refractivity contribution < 1.29 is 46.7 Å². The number of carbonyl (C=O) groups excluding carboxylic acids is 2. The van der Waals surface area contributed by atoms with Crippen molar-refractivity contribution in [2.75, 3.05) is 20.8 Å². The predicted molar refractivity (Wildman–Crippen MR) is 125 cm³/mol. The summed E-state index contributed by atoms with van der Waals surface area (Å²) in [5.41, 5.74) is 0.219. The van der Waals surface area contributed by atoms with E-state index >= 15 is 0 Å². The molecule has 1 N–H and O–H groups in total. The van der Waals surface area contributed by atoms with E-state index in [-0.39, 0.29) is 45.7 Å². The molecule has 3 rings (SSSR count). The van der Waals surface area contributed by atoms with Gasteiger partial charge >= 0.3 is 12.6 Å².